The summed E-state index contributed by atoms with van der Waals surface area (Å²) in [5.41, 5.74) is 3.68. The summed E-state index contributed by atoms with van der Waals surface area (Å²) in [6.45, 7) is 0. The highest BCUT2D eigenvalue weighted by atomic mass is 79.9. The third kappa shape index (κ3) is 3.56. The van der Waals surface area contributed by atoms with Crippen molar-refractivity contribution in [3.63, 3.8) is 0 Å². The van der Waals surface area contributed by atoms with E-state index in [0.717, 1.165) is 21.3 Å². The Balaban J connectivity index is 1.83. The van der Waals surface area contributed by atoms with Crippen LogP contribution in [0.25, 0.3) is 0 Å². The summed E-state index contributed by atoms with van der Waals surface area (Å²) in [6, 6.07) is 39.5. The van der Waals surface area contributed by atoms with Crippen molar-refractivity contribution in [3.8, 4) is 0 Å². The minimum Gasteiger partial charge on any atom is -0.388 e. The van der Waals surface area contributed by atoms with E-state index < -0.39 is 5.41 Å². The number of rotatable bonds is 4. The fourth-order valence-corrected chi connectivity index (χ4v) is 4.88. The molecule has 0 amide bonds. The van der Waals surface area contributed by atoms with Gasteiger partial charge in [0.2, 0.25) is 5.90 Å². The number of hydrogen-bond donors (Lipinski definition) is 0. The van der Waals surface area contributed by atoms with Crippen LogP contribution in [0.4, 0.5) is 5.69 Å². The molecule has 32 heavy (non-hydrogen) atoms. The second-order valence-corrected chi connectivity index (χ2v) is 8.80. The summed E-state index contributed by atoms with van der Waals surface area (Å²) in [7, 11) is 1.99. The zero-order chi connectivity index (χ0) is 22.0. The van der Waals surface area contributed by atoms with Gasteiger partial charge in [0.15, 0.2) is 0 Å². The maximum Gasteiger partial charge on any atom is 0.231 e. The normalized spacial score (nSPS) is 19.1. The SMILES string of the molecule is CN1OC(=Nc2ccc(Br)cc2)C(c2ccccc2)(c2ccccc2)C1c1ccccc1. The first kappa shape index (κ1) is 20.7. The average Bonchev–Trinajstić information content (AvgIpc) is 3.14. The van der Waals surface area contributed by atoms with Crippen molar-refractivity contribution >= 4 is 27.5 Å². The first-order valence-electron chi connectivity index (χ1n) is 10.6. The second kappa shape index (κ2) is 8.73. The predicted molar refractivity (Wildman–Crippen MR) is 133 cm³/mol. The Morgan fingerprint density at radius 1 is 0.719 bits per heavy atom. The van der Waals surface area contributed by atoms with Crippen LogP contribution in [0.3, 0.4) is 0 Å². The molecule has 4 aromatic carbocycles. The molecule has 0 saturated carbocycles. The maximum atomic E-state index is 6.46. The molecule has 0 bridgehead atoms. The molecule has 0 N–H and O–H groups in total. The highest BCUT2D eigenvalue weighted by Crippen LogP contribution is 2.52. The van der Waals surface area contributed by atoms with Crippen LogP contribution in [0.1, 0.15) is 22.7 Å². The molecule has 1 atom stereocenters. The maximum absolute atomic E-state index is 6.46. The van der Waals surface area contributed by atoms with Gasteiger partial charge in [0, 0.05) is 11.5 Å². The Morgan fingerprint density at radius 2 is 1.22 bits per heavy atom. The summed E-state index contributed by atoms with van der Waals surface area (Å²) in [5, 5.41) is 1.94. The van der Waals surface area contributed by atoms with Gasteiger partial charge >= 0.3 is 0 Å². The number of halogens is 1. The van der Waals surface area contributed by atoms with E-state index in [-0.39, 0.29) is 6.04 Å². The highest BCUT2D eigenvalue weighted by Gasteiger charge is 2.57. The Hall–Kier alpha value is -3.21. The molecule has 0 radical (unpaired) electrons. The zero-order valence-corrected chi connectivity index (χ0v) is 19.3. The number of aliphatic imine (C=N–C) groups is 1. The smallest absolute Gasteiger partial charge is 0.231 e. The minimum absolute atomic E-state index is 0.0947. The molecule has 1 fully saturated rings. The van der Waals surface area contributed by atoms with Gasteiger partial charge in [-0.05, 0) is 41.0 Å². The molecule has 4 aromatic rings. The molecule has 1 aliphatic heterocycles. The molecule has 3 nitrogen and oxygen atoms in total. The van der Waals surface area contributed by atoms with Crippen molar-refractivity contribution in [2.45, 2.75) is 11.5 Å². The first-order valence-corrected chi connectivity index (χ1v) is 11.4. The van der Waals surface area contributed by atoms with E-state index in [1.54, 1.807) is 0 Å². The van der Waals surface area contributed by atoms with E-state index in [1.165, 1.54) is 5.56 Å². The van der Waals surface area contributed by atoms with Crippen molar-refractivity contribution in [1.82, 2.24) is 5.06 Å². The molecule has 5 rings (SSSR count). The fourth-order valence-electron chi connectivity index (χ4n) is 4.62. The number of hydroxylamine groups is 2. The molecular formula is C28H23BrN2O. The lowest BCUT2D eigenvalue weighted by Gasteiger charge is -2.35. The van der Waals surface area contributed by atoms with Gasteiger partial charge in [-0.15, -0.1) is 5.06 Å². The molecule has 1 unspecified atom stereocenters. The molecule has 4 heteroatoms. The van der Waals surface area contributed by atoms with E-state index in [9.17, 15) is 0 Å². The van der Waals surface area contributed by atoms with E-state index >= 15 is 0 Å². The van der Waals surface area contributed by atoms with Gasteiger partial charge in [0.1, 0.15) is 5.41 Å². The second-order valence-electron chi connectivity index (χ2n) is 7.88. The third-order valence-corrected chi connectivity index (χ3v) is 6.50. The first-order chi connectivity index (χ1) is 15.7. The predicted octanol–water partition coefficient (Wildman–Crippen LogP) is 7.08. The van der Waals surface area contributed by atoms with Gasteiger partial charge in [-0.1, -0.05) is 107 Å². The van der Waals surface area contributed by atoms with Gasteiger partial charge in [0.05, 0.1) is 11.7 Å². The Kier molecular flexibility index (Phi) is 5.64. The van der Waals surface area contributed by atoms with Crippen LogP contribution < -0.4 is 0 Å². The van der Waals surface area contributed by atoms with Gasteiger partial charge in [0.25, 0.3) is 0 Å². The molecule has 1 heterocycles. The number of nitrogens with zero attached hydrogens (tertiary/aromatic N) is 2. The molecule has 0 aromatic heterocycles. The van der Waals surface area contributed by atoms with Crippen LogP contribution in [0.15, 0.2) is 125 Å². The number of hydrogen-bond acceptors (Lipinski definition) is 3. The molecule has 0 aliphatic carbocycles. The Labute approximate surface area is 197 Å². The number of benzene rings is 4. The summed E-state index contributed by atoms with van der Waals surface area (Å²) in [5.74, 6) is 0.661. The summed E-state index contributed by atoms with van der Waals surface area (Å²) in [4.78, 5) is 11.5. The van der Waals surface area contributed by atoms with Crippen LogP contribution in [0.2, 0.25) is 0 Å². The van der Waals surface area contributed by atoms with Crippen molar-refractivity contribution in [2.75, 3.05) is 7.05 Å². The van der Waals surface area contributed by atoms with Gasteiger partial charge < -0.3 is 4.84 Å². The van der Waals surface area contributed by atoms with Crippen LogP contribution in [0.5, 0.6) is 0 Å². The standard InChI is InChI=1S/C28H23BrN2O/c1-31-26(21-11-5-2-6-12-21)28(22-13-7-3-8-14-22,23-15-9-4-10-16-23)27(32-31)30-25-19-17-24(29)18-20-25/h2-20,26H,1H3. The molecule has 1 saturated heterocycles. The monoisotopic (exact) mass is 482 g/mol. The Morgan fingerprint density at radius 3 is 1.75 bits per heavy atom. The van der Waals surface area contributed by atoms with Crippen molar-refractivity contribution in [3.05, 3.63) is 136 Å². The van der Waals surface area contributed by atoms with Crippen molar-refractivity contribution in [2.24, 2.45) is 4.99 Å². The van der Waals surface area contributed by atoms with Gasteiger partial charge in [-0.25, -0.2) is 4.99 Å². The highest BCUT2D eigenvalue weighted by molar-refractivity contribution is 9.10. The van der Waals surface area contributed by atoms with E-state index in [2.05, 4.69) is 88.7 Å². The largest absolute Gasteiger partial charge is 0.388 e. The van der Waals surface area contributed by atoms with Gasteiger partial charge in [-0.2, -0.15) is 0 Å². The summed E-state index contributed by atoms with van der Waals surface area (Å²) >= 11 is 3.52. The van der Waals surface area contributed by atoms with Crippen molar-refractivity contribution < 1.29 is 4.84 Å². The van der Waals surface area contributed by atoms with Crippen LogP contribution in [-0.4, -0.2) is 18.0 Å². The topological polar surface area (TPSA) is 24.8 Å². The molecule has 158 valence electrons. The zero-order valence-electron chi connectivity index (χ0n) is 17.7. The molecule has 1 aliphatic rings. The van der Waals surface area contributed by atoms with E-state index in [1.807, 2.05) is 54.6 Å². The summed E-state index contributed by atoms with van der Waals surface area (Å²) < 4.78 is 1.02. The van der Waals surface area contributed by atoms with Crippen LogP contribution in [-0.2, 0) is 10.3 Å². The molecule has 0 spiro atoms. The Bertz CT molecular complexity index is 1170. The lowest BCUT2D eigenvalue weighted by molar-refractivity contribution is -0.0535. The molecular weight excluding hydrogens is 460 g/mol. The lowest BCUT2D eigenvalue weighted by Crippen LogP contribution is -2.39. The van der Waals surface area contributed by atoms with Crippen LogP contribution >= 0.6 is 15.9 Å². The van der Waals surface area contributed by atoms with Crippen LogP contribution in [0, 0.1) is 0 Å². The summed E-state index contributed by atoms with van der Waals surface area (Å²) in [6.07, 6.45) is 0. The van der Waals surface area contributed by atoms with Crippen molar-refractivity contribution in [1.29, 1.82) is 0 Å². The fraction of sp³-hybridized carbons (Fsp3) is 0.107. The van der Waals surface area contributed by atoms with Gasteiger partial charge in [-0.3, -0.25) is 0 Å². The lowest BCUT2D eigenvalue weighted by atomic mass is 9.67. The number of likely N-dealkylation sites (N-methyl/N-ethyl adjacent to an activating group) is 1. The van der Waals surface area contributed by atoms with E-state index in [0.29, 0.717) is 5.90 Å². The third-order valence-electron chi connectivity index (χ3n) is 5.97. The average molecular weight is 483 g/mol. The van der Waals surface area contributed by atoms with E-state index in [4.69, 9.17) is 9.83 Å². The quantitative estimate of drug-likeness (QED) is 0.310. The minimum atomic E-state index is -0.619.